The summed E-state index contributed by atoms with van der Waals surface area (Å²) in [6, 6.07) is 6.40. The van der Waals surface area contributed by atoms with E-state index in [9.17, 15) is 14.4 Å². The van der Waals surface area contributed by atoms with Gasteiger partial charge in [-0.25, -0.2) is 4.98 Å². The van der Waals surface area contributed by atoms with Crippen LogP contribution in [0.1, 0.15) is 20.7 Å². The van der Waals surface area contributed by atoms with Gasteiger partial charge in [0.25, 0.3) is 0 Å². The number of rotatable bonds is 2. The molecule has 3 rings (SSSR count). The first-order valence-electron chi connectivity index (χ1n) is 5.74. The van der Waals surface area contributed by atoms with Crippen LogP contribution < -0.4 is 4.57 Å². The normalized spacial score (nSPS) is 12.8. The Labute approximate surface area is 108 Å². The molecule has 2 aromatic heterocycles. The molecular formula is C14H9N2O3+. The molecule has 0 aliphatic heterocycles. The highest BCUT2D eigenvalue weighted by Gasteiger charge is 2.37. The summed E-state index contributed by atoms with van der Waals surface area (Å²) in [5.41, 5.74) is 1.55. The number of carbonyl (C=O) groups excluding carboxylic acids is 3. The zero-order chi connectivity index (χ0) is 13.4. The Bertz CT molecular complexity index is 722. The van der Waals surface area contributed by atoms with E-state index in [1.54, 1.807) is 41.2 Å². The van der Waals surface area contributed by atoms with E-state index in [1.165, 1.54) is 0 Å². The highest BCUT2D eigenvalue weighted by Crippen LogP contribution is 2.28. The Balaban J connectivity index is 2.38. The molecule has 0 aromatic carbocycles. The second kappa shape index (κ2) is 4.20. The molecule has 0 saturated heterocycles. The minimum atomic E-state index is -0.559. The van der Waals surface area contributed by atoms with Gasteiger partial charge in [0.15, 0.2) is 12.5 Å². The predicted molar refractivity (Wildman–Crippen MR) is 64.6 cm³/mol. The number of hydrogen-bond acceptors (Lipinski definition) is 4. The summed E-state index contributed by atoms with van der Waals surface area (Å²) in [4.78, 5) is 38.9. The number of aromatic nitrogens is 2. The number of Topliss-reactive ketones (excluding diaryl/α,β-unsaturated/α-hetero) is 2. The molecule has 1 aliphatic rings. The zero-order valence-corrected chi connectivity index (χ0v) is 9.87. The second-order valence-electron chi connectivity index (χ2n) is 4.15. The van der Waals surface area contributed by atoms with Gasteiger partial charge in [-0.1, -0.05) is 0 Å². The number of pyridine rings is 2. The lowest BCUT2D eigenvalue weighted by molar-refractivity contribution is -0.672. The average Bonchev–Trinajstić information content (AvgIpc) is 2.45. The molecule has 0 atom stereocenters. The molecular weight excluding hydrogens is 244 g/mol. The van der Waals surface area contributed by atoms with Crippen molar-refractivity contribution in [3.8, 4) is 11.4 Å². The molecule has 0 unspecified atom stereocenters. The maximum absolute atomic E-state index is 12.1. The monoisotopic (exact) mass is 253 g/mol. The first kappa shape index (κ1) is 11.4. The third kappa shape index (κ3) is 1.59. The number of carbonyl (C=O) groups is 3. The van der Waals surface area contributed by atoms with Gasteiger partial charge in [-0.2, -0.15) is 4.57 Å². The fraction of sp³-hybridized carbons (Fsp3) is 0.0714. The summed E-state index contributed by atoms with van der Waals surface area (Å²) in [5, 5.41) is 0. The summed E-state index contributed by atoms with van der Waals surface area (Å²) >= 11 is 0. The van der Waals surface area contributed by atoms with Crippen LogP contribution in [-0.4, -0.2) is 22.8 Å². The lowest BCUT2D eigenvalue weighted by atomic mass is 9.90. The summed E-state index contributed by atoms with van der Waals surface area (Å²) in [6.07, 6.45) is 3.99. The highest BCUT2D eigenvalue weighted by atomic mass is 16.2. The molecule has 5 nitrogen and oxygen atoms in total. The van der Waals surface area contributed by atoms with Gasteiger partial charge in [-0.15, -0.1) is 0 Å². The van der Waals surface area contributed by atoms with Gasteiger partial charge in [0.1, 0.15) is 11.3 Å². The van der Waals surface area contributed by atoms with E-state index in [0.717, 1.165) is 6.29 Å². The van der Waals surface area contributed by atoms with E-state index in [0.29, 0.717) is 17.0 Å². The summed E-state index contributed by atoms with van der Waals surface area (Å²) in [5.74, 6) is -1.12. The number of aldehydes is 1. The fourth-order valence-electron chi connectivity index (χ4n) is 2.25. The van der Waals surface area contributed by atoms with Crippen molar-refractivity contribution in [2.24, 2.45) is 0 Å². The second-order valence-corrected chi connectivity index (χ2v) is 4.15. The maximum Gasteiger partial charge on any atom is 0.243 e. The van der Waals surface area contributed by atoms with Crippen LogP contribution >= 0.6 is 0 Å². The third-order valence-corrected chi connectivity index (χ3v) is 3.07. The molecule has 2 aromatic rings. The quantitative estimate of drug-likeness (QED) is 0.447. The Morgan fingerprint density at radius 2 is 1.84 bits per heavy atom. The Morgan fingerprint density at radius 3 is 2.63 bits per heavy atom. The maximum atomic E-state index is 12.1. The molecule has 0 radical (unpaired) electrons. The highest BCUT2D eigenvalue weighted by molar-refractivity contribution is 6.52. The Kier molecular flexibility index (Phi) is 2.52. The van der Waals surface area contributed by atoms with Crippen LogP contribution in [0.3, 0.4) is 0 Å². The van der Waals surface area contributed by atoms with Gasteiger partial charge in [0.2, 0.25) is 23.8 Å². The van der Waals surface area contributed by atoms with Gasteiger partial charge >= 0.3 is 0 Å². The smallest absolute Gasteiger partial charge is 0.243 e. The van der Waals surface area contributed by atoms with Gasteiger partial charge in [-0.05, 0) is 18.2 Å². The molecule has 2 heterocycles. The van der Waals surface area contributed by atoms with Crippen molar-refractivity contribution in [3.63, 3.8) is 0 Å². The minimum absolute atomic E-state index is 0.112. The van der Waals surface area contributed by atoms with Crippen molar-refractivity contribution in [3.05, 3.63) is 47.8 Å². The summed E-state index contributed by atoms with van der Waals surface area (Å²) in [6.45, 7) is 0.112. The first-order valence-corrected chi connectivity index (χ1v) is 5.74. The molecule has 0 bridgehead atoms. The van der Waals surface area contributed by atoms with Gasteiger partial charge < -0.3 is 0 Å². The van der Waals surface area contributed by atoms with Gasteiger partial charge in [0, 0.05) is 12.3 Å². The van der Waals surface area contributed by atoms with Gasteiger partial charge in [-0.3, -0.25) is 14.4 Å². The van der Waals surface area contributed by atoms with E-state index < -0.39 is 11.6 Å². The molecule has 1 aliphatic carbocycles. The topological polar surface area (TPSA) is 68.0 Å². The van der Waals surface area contributed by atoms with E-state index in [-0.39, 0.29) is 12.1 Å². The van der Waals surface area contributed by atoms with Crippen molar-refractivity contribution in [2.75, 3.05) is 0 Å². The molecule has 0 fully saturated rings. The molecule has 0 spiro atoms. The third-order valence-electron chi connectivity index (χ3n) is 3.07. The molecule has 19 heavy (non-hydrogen) atoms. The van der Waals surface area contributed by atoms with E-state index >= 15 is 0 Å². The van der Waals surface area contributed by atoms with Crippen LogP contribution in [0.25, 0.3) is 11.4 Å². The van der Waals surface area contributed by atoms with Crippen molar-refractivity contribution in [2.45, 2.75) is 6.54 Å². The van der Waals surface area contributed by atoms with Crippen LogP contribution in [-0.2, 0) is 11.3 Å². The van der Waals surface area contributed by atoms with Crippen LogP contribution in [0, 0.1) is 0 Å². The van der Waals surface area contributed by atoms with Crippen molar-refractivity contribution < 1.29 is 19.0 Å². The number of nitrogens with zero attached hydrogens (tertiary/aromatic N) is 2. The van der Waals surface area contributed by atoms with Crippen molar-refractivity contribution in [1.82, 2.24) is 4.98 Å². The number of hydrogen-bond donors (Lipinski definition) is 0. The molecule has 0 amide bonds. The van der Waals surface area contributed by atoms with Crippen LogP contribution in [0.15, 0.2) is 36.7 Å². The molecule has 92 valence electrons. The Hall–Kier alpha value is -2.69. The fourth-order valence-corrected chi connectivity index (χ4v) is 2.25. The zero-order valence-electron chi connectivity index (χ0n) is 9.87. The molecule has 5 heteroatoms. The first-order chi connectivity index (χ1) is 9.24. The average molecular weight is 253 g/mol. The number of ketones is 2. The van der Waals surface area contributed by atoms with Gasteiger partial charge in [0.05, 0.1) is 5.56 Å². The minimum Gasteiger partial charge on any atom is -0.296 e. The number of fused-ring (bicyclic) bond motifs is 3. The van der Waals surface area contributed by atoms with E-state index in [4.69, 9.17) is 0 Å². The van der Waals surface area contributed by atoms with Crippen LogP contribution in [0.4, 0.5) is 0 Å². The van der Waals surface area contributed by atoms with Crippen molar-refractivity contribution in [1.29, 1.82) is 0 Å². The van der Waals surface area contributed by atoms with Crippen LogP contribution in [0.2, 0.25) is 0 Å². The molecule has 0 saturated carbocycles. The lowest BCUT2D eigenvalue weighted by Crippen LogP contribution is -2.41. The van der Waals surface area contributed by atoms with Crippen LogP contribution in [0.5, 0.6) is 0 Å². The lowest BCUT2D eigenvalue weighted by Gasteiger charge is -2.14. The molecule has 0 N–H and O–H groups in total. The SMILES string of the molecule is O=CC[n+]1cccc2c1-c1ncccc1C(=O)C2=O. The Morgan fingerprint density at radius 1 is 1.11 bits per heavy atom. The van der Waals surface area contributed by atoms with Crippen molar-refractivity contribution >= 4 is 17.9 Å². The van der Waals surface area contributed by atoms with E-state index in [2.05, 4.69) is 4.98 Å². The predicted octanol–water partition coefficient (Wildman–Crippen LogP) is 0.614. The largest absolute Gasteiger partial charge is 0.296 e. The van der Waals surface area contributed by atoms with E-state index in [1.807, 2.05) is 0 Å². The summed E-state index contributed by atoms with van der Waals surface area (Å²) in [7, 11) is 0. The standard InChI is InChI=1S/C14H9N2O3/c17-8-7-16-6-2-4-10-12(16)11-9(3-1-5-15-11)13(18)14(10)19/h1-6,8H,7H2/q+1. The summed E-state index contributed by atoms with van der Waals surface area (Å²) < 4.78 is 1.62.